The second kappa shape index (κ2) is 7.21. The largest absolute Gasteiger partial charge is 0.466 e. The summed E-state index contributed by atoms with van der Waals surface area (Å²) in [6.07, 6.45) is 2.34. The number of hydrogen-bond acceptors (Lipinski definition) is 3. The van der Waals surface area contributed by atoms with Crippen LogP contribution in [0.4, 0.5) is 4.39 Å². The highest BCUT2D eigenvalue weighted by Gasteiger charge is 2.11. The normalized spacial score (nSPS) is 12.1. The molecule has 1 aromatic rings. The first-order valence-corrected chi connectivity index (χ1v) is 5.35. The van der Waals surface area contributed by atoms with Crippen LogP contribution in [0.15, 0.2) is 42.5 Å². The standard InChI is InChI=1S/C13H14FNO3/c1-18-12(16)8-7-11(9-14)15-13(17)10-5-3-2-4-6-10/h2-8,11H,9H2,1H3,(H,15,17)/b8-7+/t11-/m0/s1. The van der Waals surface area contributed by atoms with Crippen molar-refractivity contribution in [3.63, 3.8) is 0 Å². The zero-order valence-corrected chi connectivity index (χ0v) is 9.93. The summed E-state index contributed by atoms with van der Waals surface area (Å²) in [5.41, 5.74) is 0.433. The van der Waals surface area contributed by atoms with E-state index in [1.54, 1.807) is 30.3 Å². The van der Waals surface area contributed by atoms with Gasteiger partial charge in [0.15, 0.2) is 0 Å². The van der Waals surface area contributed by atoms with Crippen LogP contribution in [0.5, 0.6) is 0 Å². The van der Waals surface area contributed by atoms with E-state index in [0.29, 0.717) is 5.56 Å². The van der Waals surface area contributed by atoms with Crippen LogP contribution < -0.4 is 5.32 Å². The van der Waals surface area contributed by atoms with Crippen LogP contribution in [0.25, 0.3) is 0 Å². The molecular weight excluding hydrogens is 237 g/mol. The van der Waals surface area contributed by atoms with Gasteiger partial charge in [0.1, 0.15) is 6.67 Å². The zero-order valence-electron chi connectivity index (χ0n) is 9.93. The van der Waals surface area contributed by atoms with Crippen molar-refractivity contribution in [1.29, 1.82) is 0 Å². The molecule has 0 radical (unpaired) electrons. The van der Waals surface area contributed by atoms with Crippen molar-refractivity contribution in [3.8, 4) is 0 Å². The molecule has 1 rings (SSSR count). The topological polar surface area (TPSA) is 55.4 Å². The minimum Gasteiger partial charge on any atom is -0.466 e. The molecule has 0 aliphatic rings. The number of amides is 1. The third-order valence-electron chi connectivity index (χ3n) is 2.18. The number of hydrogen-bond donors (Lipinski definition) is 1. The maximum absolute atomic E-state index is 12.7. The van der Waals surface area contributed by atoms with Crippen molar-refractivity contribution in [2.75, 3.05) is 13.8 Å². The van der Waals surface area contributed by atoms with Gasteiger partial charge in [-0.3, -0.25) is 4.79 Å². The third kappa shape index (κ3) is 4.37. The van der Waals surface area contributed by atoms with E-state index >= 15 is 0 Å². The number of esters is 1. The van der Waals surface area contributed by atoms with E-state index < -0.39 is 24.6 Å². The van der Waals surface area contributed by atoms with E-state index in [2.05, 4.69) is 10.1 Å². The Labute approximate surface area is 104 Å². The summed E-state index contributed by atoms with van der Waals surface area (Å²) >= 11 is 0. The first-order chi connectivity index (χ1) is 8.67. The molecule has 0 spiro atoms. The summed E-state index contributed by atoms with van der Waals surface area (Å²) in [6, 6.07) is 7.59. The molecular formula is C13H14FNO3. The third-order valence-corrected chi connectivity index (χ3v) is 2.18. The number of carbonyl (C=O) groups excluding carboxylic acids is 2. The minimum absolute atomic E-state index is 0.396. The van der Waals surface area contributed by atoms with E-state index in [0.717, 1.165) is 6.08 Å². The number of carbonyl (C=O) groups is 2. The molecule has 1 aromatic carbocycles. The van der Waals surface area contributed by atoms with Crippen LogP contribution in [0, 0.1) is 0 Å². The molecule has 1 N–H and O–H groups in total. The number of halogens is 1. The van der Waals surface area contributed by atoms with Crippen molar-refractivity contribution in [1.82, 2.24) is 5.32 Å². The molecule has 1 amide bonds. The number of benzene rings is 1. The summed E-state index contributed by atoms with van der Waals surface area (Å²) in [4.78, 5) is 22.5. The number of alkyl halides is 1. The molecule has 1 atom stereocenters. The molecule has 0 heterocycles. The Morgan fingerprint density at radius 3 is 2.61 bits per heavy atom. The summed E-state index contributed by atoms with van der Waals surface area (Å²) < 4.78 is 17.0. The SMILES string of the molecule is COC(=O)/C=C/[C@@H](CF)NC(=O)c1ccccc1. The lowest BCUT2D eigenvalue weighted by atomic mass is 10.2. The fraction of sp³-hybridized carbons (Fsp3) is 0.231. The molecule has 18 heavy (non-hydrogen) atoms. The number of methoxy groups -OCH3 is 1. The molecule has 0 aliphatic carbocycles. The molecule has 0 aliphatic heterocycles. The fourth-order valence-corrected chi connectivity index (χ4v) is 1.24. The molecule has 0 bridgehead atoms. The van der Waals surface area contributed by atoms with Crippen LogP contribution in [-0.4, -0.2) is 31.7 Å². The van der Waals surface area contributed by atoms with Crippen molar-refractivity contribution in [2.45, 2.75) is 6.04 Å². The predicted molar refractivity (Wildman–Crippen MR) is 64.8 cm³/mol. The maximum Gasteiger partial charge on any atom is 0.330 e. The monoisotopic (exact) mass is 251 g/mol. The smallest absolute Gasteiger partial charge is 0.330 e. The maximum atomic E-state index is 12.7. The molecule has 0 saturated carbocycles. The molecule has 0 saturated heterocycles. The second-order valence-electron chi connectivity index (χ2n) is 3.48. The highest BCUT2D eigenvalue weighted by molar-refractivity contribution is 5.94. The van der Waals surface area contributed by atoms with Crippen LogP contribution in [-0.2, 0) is 9.53 Å². The van der Waals surface area contributed by atoms with Crippen LogP contribution in [0.1, 0.15) is 10.4 Å². The Morgan fingerprint density at radius 1 is 1.39 bits per heavy atom. The van der Waals surface area contributed by atoms with Gasteiger partial charge in [0.05, 0.1) is 13.2 Å². The molecule has 0 aromatic heterocycles. The van der Waals surface area contributed by atoms with E-state index in [1.165, 1.54) is 13.2 Å². The number of ether oxygens (including phenoxy) is 1. The van der Waals surface area contributed by atoms with E-state index in [-0.39, 0.29) is 0 Å². The van der Waals surface area contributed by atoms with Gasteiger partial charge in [0.2, 0.25) is 0 Å². The van der Waals surface area contributed by atoms with Crippen LogP contribution >= 0.6 is 0 Å². The summed E-state index contributed by atoms with van der Waals surface area (Å²) in [5, 5.41) is 2.45. The van der Waals surface area contributed by atoms with Gasteiger partial charge < -0.3 is 10.1 Å². The Hall–Kier alpha value is -2.17. The number of nitrogens with one attached hydrogen (secondary N) is 1. The Bertz CT molecular complexity index is 431. The average molecular weight is 251 g/mol. The van der Waals surface area contributed by atoms with Gasteiger partial charge in [-0.05, 0) is 12.1 Å². The van der Waals surface area contributed by atoms with Crippen molar-refractivity contribution < 1.29 is 18.7 Å². The number of rotatable bonds is 5. The summed E-state index contributed by atoms with van der Waals surface area (Å²) in [7, 11) is 1.22. The lowest BCUT2D eigenvalue weighted by molar-refractivity contribution is -0.134. The van der Waals surface area contributed by atoms with Crippen molar-refractivity contribution >= 4 is 11.9 Å². The zero-order chi connectivity index (χ0) is 13.4. The van der Waals surface area contributed by atoms with Crippen LogP contribution in [0.2, 0.25) is 0 Å². The first-order valence-electron chi connectivity index (χ1n) is 5.35. The van der Waals surface area contributed by atoms with Gasteiger partial charge in [-0.15, -0.1) is 0 Å². The lowest BCUT2D eigenvalue weighted by Gasteiger charge is -2.11. The second-order valence-corrected chi connectivity index (χ2v) is 3.48. The van der Waals surface area contributed by atoms with Crippen LogP contribution in [0.3, 0.4) is 0 Å². The quantitative estimate of drug-likeness (QED) is 0.637. The molecule has 0 fully saturated rings. The Kier molecular flexibility index (Phi) is 5.57. The molecule has 96 valence electrons. The first kappa shape index (κ1) is 13.9. The molecule has 0 unspecified atom stereocenters. The lowest BCUT2D eigenvalue weighted by Crippen LogP contribution is -2.35. The summed E-state index contributed by atoms with van der Waals surface area (Å²) in [5.74, 6) is -0.991. The minimum atomic E-state index is -0.850. The molecule has 5 heteroatoms. The van der Waals surface area contributed by atoms with Gasteiger partial charge in [-0.25, -0.2) is 9.18 Å². The highest BCUT2D eigenvalue weighted by atomic mass is 19.1. The van der Waals surface area contributed by atoms with Crippen molar-refractivity contribution in [3.05, 3.63) is 48.0 Å². The van der Waals surface area contributed by atoms with Gasteiger partial charge in [0.25, 0.3) is 5.91 Å². The highest BCUT2D eigenvalue weighted by Crippen LogP contribution is 2.00. The Morgan fingerprint density at radius 2 is 2.06 bits per heavy atom. The fourth-order valence-electron chi connectivity index (χ4n) is 1.24. The summed E-state index contributed by atoms with van der Waals surface area (Å²) in [6.45, 7) is -0.800. The molecule has 4 nitrogen and oxygen atoms in total. The Balaban J connectivity index is 2.61. The van der Waals surface area contributed by atoms with Crippen molar-refractivity contribution in [2.24, 2.45) is 0 Å². The van der Waals surface area contributed by atoms with E-state index in [4.69, 9.17) is 0 Å². The van der Waals surface area contributed by atoms with E-state index in [1.807, 2.05) is 0 Å². The average Bonchev–Trinajstić information content (AvgIpc) is 2.43. The van der Waals surface area contributed by atoms with Gasteiger partial charge >= 0.3 is 5.97 Å². The van der Waals surface area contributed by atoms with Gasteiger partial charge in [0, 0.05) is 11.6 Å². The van der Waals surface area contributed by atoms with E-state index in [9.17, 15) is 14.0 Å². The van der Waals surface area contributed by atoms with Gasteiger partial charge in [-0.2, -0.15) is 0 Å². The van der Waals surface area contributed by atoms with Gasteiger partial charge in [-0.1, -0.05) is 24.3 Å². The predicted octanol–water partition coefficient (Wildman–Crippen LogP) is 1.48.